The first-order valence-electron chi connectivity index (χ1n) is 10.6. The fourth-order valence-electron chi connectivity index (χ4n) is 3.60. The molecule has 0 aliphatic rings. The van der Waals surface area contributed by atoms with E-state index in [1.165, 1.54) is 23.3 Å². The first-order chi connectivity index (χ1) is 16.6. The van der Waals surface area contributed by atoms with Gasteiger partial charge in [0, 0.05) is 19.2 Å². The fourth-order valence-corrected chi connectivity index (χ4v) is 3.60. The van der Waals surface area contributed by atoms with Crippen LogP contribution in [0, 0.1) is 0 Å². The molecule has 0 fully saturated rings. The molecule has 0 aliphatic carbocycles. The number of H-pyrrole nitrogens is 1. The Morgan fingerprint density at radius 3 is 2.50 bits per heavy atom. The first kappa shape index (κ1) is 21.1. The molecule has 2 aromatic carbocycles. The predicted molar refractivity (Wildman–Crippen MR) is 124 cm³/mol. The van der Waals surface area contributed by atoms with Crippen LogP contribution in [-0.2, 0) is 6.54 Å². The van der Waals surface area contributed by atoms with Crippen LogP contribution in [0.4, 0.5) is 0 Å². The number of aromatic amines is 1. The number of carboxylic acids is 1. The first-order valence-corrected chi connectivity index (χ1v) is 10.6. The highest BCUT2D eigenvalue weighted by atomic mass is 16.5. The van der Waals surface area contributed by atoms with E-state index >= 15 is 0 Å². The largest absolute Gasteiger partial charge is 0.494 e. The van der Waals surface area contributed by atoms with E-state index in [-0.39, 0.29) is 17.1 Å². The van der Waals surface area contributed by atoms with Gasteiger partial charge in [0.25, 0.3) is 5.56 Å². The van der Waals surface area contributed by atoms with Crippen LogP contribution in [0.25, 0.3) is 28.1 Å². The van der Waals surface area contributed by atoms with Crippen molar-refractivity contribution in [2.45, 2.75) is 13.0 Å². The van der Waals surface area contributed by atoms with Gasteiger partial charge in [-0.3, -0.25) is 14.5 Å². The molecular formula is C24H20N6O4. The van der Waals surface area contributed by atoms with Gasteiger partial charge in [-0.15, -0.1) is 0 Å². The molecule has 0 bridgehead atoms. The van der Waals surface area contributed by atoms with Crippen molar-refractivity contribution in [2.24, 2.45) is 0 Å². The average molecular weight is 456 g/mol. The fraction of sp³-hybridized carbons (Fsp3) is 0.125. The van der Waals surface area contributed by atoms with Gasteiger partial charge in [0.2, 0.25) is 5.95 Å². The minimum absolute atomic E-state index is 0.00635. The lowest BCUT2D eigenvalue weighted by Gasteiger charge is -2.08. The van der Waals surface area contributed by atoms with Crippen molar-refractivity contribution < 1.29 is 14.6 Å². The van der Waals surface area contributed by atoms with E-state index < -0.39 is 5.97 Å². The normalized spacial score (nSPS) is 11.1. The Morgan fingerprint density at radius 2 is 1.76 bits per heavy atom. The molecule has 170 valence electrons. The molecule has 0 aliphatic heterocycles. The number of rotatable bonds is 8. The monoisotopic (exact) mass is 456 g/mol. The van der Waals surface area contributed by atoms with Gasteiger partial charge >= 0.3 is 5.97 Å². The number of hydrogen-bond donors (Lipinski definition) is 2. The summed E-state index contributed by atoms with van der Waals surface area (Å²) >= 11 is 0. The molecule has 3 heterocycles. The highest BCUT2D eigenvalue weighted by Crippen LogP contribution is 2.22. The van der Waals surface area contributed by atoms with Crippen LogP contribution in [0.3, 0.4) is 0 Å². The van der Waals surface area contributed by atoms with Crippen LogP contribution >= 0.6 is 0 Å². The van der Waals surface area contributed by atoms with Crippen molar-refractivity contribution in [1.82, 2.24) is 29.5 Å². The molecule has 5 aromatic rings. The van der Waals surface area contributed by atoms with E-state index in [0.29, 0.717) is 30.6 Å². The Kier molecular flexibility index (Phi) is 5.61. The summed E-state index contributed by atoms with van der Waals surface area (Å²) in [5.41, 5.74) is 2.60. The zero-order valence-electron chi connectivity index (χ0n) is 18.0. The summed E-state index contributed by atoms with van der Waals surface area (Å²) < 4.78 is 8.62. The Labute approximate surface area is 193 Å². The van der Waals surface area contributed by atoms with E-state index in [2.05, 4.69) is 32.3 Å². The summed E-state index contributed by atoms with van der Waals surface area (Å²) in [6.07, 6.45) is 4.60. The number of fused-ring (bicyclic) bond motifs is 1. The van der Waals surface area contributed by atoms with E-state index in [1.807, 2.05) is 42.5 Å². The van der Waals surface area contributed by atoms with Gasteiger partial charge in [0.05, 0.1) is 24.6 Å². The minimum atomic E-state index is -1.11. The van der Waals surface area contributed by atoms with Crippen LogP contribution in [0.2, 0.25) is 0 Å². The molecular weight excluding hydrogens is 436 g/mol. The van der Waals surface area contributed by atoms with Crippen molar-refractivity contribution in [3.63, 3.8) is 0 Å². The maximum Gasteiger partial charge on any atom is 0.338 e. The molecule has 5 rings (SSSR count). The summed E-state index contributed by atoms with van der Waals surface area (Å²) in [5, 5.41) is 17.2. The molecule has 3 aromatic heterocycles. The molecule has 34 heavy (non-hydrogen) atoms. The Hall–Kier alpha value is -4.73. The molecule has 0 radical (unpaired) electrons. The number of hydrogen-bond acceptors (Lipinski definition) is 6. The maximum atomic E-state index is 12.7. The van der Waals surface area contributed by atoms with E-state index in [9.17, 15) is 9.59 Å². The molecule has 0 amide bonds. The maximum absolute atomic E-state index is 12.7. The molecule has 0 unspecified atom stereocenters. The van der Waals surface area contributed by atoms with E-state index in [0.717, 1.165) is 16.9 Å². The second-order valence-electron chi connectivity index (χ2n) is 7.56. The SMILES string of the molecule is O=C(O)c1cnn(-c2nc3cnn(CCCOc4ccc(-c5ccccc5)cc4)c3c(=O)[nH]2)c1. The van der Waals surface area contributed by atoms with Gasteiger partial charge < -0.3 is 9.84 Å². The standard InChI is InChI=1S/C24H20N6O4/c31-22-21-20(27-24(28-22)30-15-18(13-25-30)23(32)33)14-26-29(21)11-4-12-34-19-9-7-17(8-10-19)16-5-2-1-3-6-16/h1-3,5-10,13-15H,4,11-12H2,(H,32,33)(H,27,28,31). The molecule has 10 heteroatoms. The quantitative estimate of drug-likeness (QED) is 0.343. The molecule has 10 nitrogen and oxygen atoms in total. The number of nitrogens with zero attached hydrogens (tertiary/aromatic N) is 5. The predicted octanol–water partition coefficient (Wildman–Crippen LogP) is 3.14. The molecule has 2 N–H and O–H groups in total. The lowest BCUT2D eigenvalue weighted by molar-refractivity contribution is 0.0697. The van der Waals surface area contributed by atoms with Gasteiger partial charge in [-0.05, 0) is 23.3 Å². The summed E-state index contributed by atoms with van der Waals surface area (Å²) in [4.78, 5) is 30.7. The van der Waals surface area contributed by atoms with Gasteiger partial charge in [-0.25, -0.2) is 14.5 Å². The molecule has 0 atom stereocenters. The zero-order valence-corrected chi connectivity index (χ0v) is 18.0. The number of carbonyl (C=O) groups is 1. The number of nitrogens with one attached hydrogen (secondary N) is 1. The summed E-state index contributed by atoms with van der Waals surface area (Å²) in [5.74, 6) is -0.224. The third-order valence-electron chi connectivity index (χ3n) is 5.28. The zero-order chi connectivity index (χ0) is 23.5. The molecule has 0 saturated carbocycles. The smallest absolute Gasteiger partial charge is 0.338 e. The minimum Gasteiger partial charge on any atom is -0.494 e. The van der Waals surface area contributed by atoms with Crippen LogP contribution in [0.1, 0.15) is 16.8 Å². The second-order valence-corrected chi connectivity index (χ2v) is 7.56. The highest BCUT2D eigenvalue weighted by molar-refractivity contribution is 5.87. The van der Waals surface area contributed by atoms with Crippen LogP contribution in [-0.4, -0.2) is 47.2 Å². The number of aromatic nitrogens is 6. The van der Waals surface area contributed by atoms with Crippen molar-refractivity contribution in [1.29, 1.82) is 0 Å². The van der Waals surface area contributed by atoms with E-state index in [4.69, 9.17) is 9.84 Å². The molecule has 0 saturated heterocycles. The highest BCUT2D eigenvalue weighted by Gasteiger charge is 2.13. The number of ether oxygens (including phenoxy) is 1. The van der Waals surface area contributed by atoms with Crippen molar-refractivity contribution in [3.8, 4) is 22.8 Å². The van der Waals surface area contributed by atoms with Crippen molar-refractivity contribution in [2.75, 3.05) is 6.61 Å². The van der Waals surface area contributed by atoms with Crippen LogP contribution in [0.15, 0.2) is 78.0 Å². The Bertz CT molecular complexity index is 1500. The van der Waals surface area contributed by atoms with Gasteiger partial charge in [0.1, 0.15) is 11.3 Å². The summed E-state index contributed by atoms with van der Waals surface area (Å²) in [6.45, 7) is 0.932. The third kappa shape index (κ3) is 4.29. The average Bonchev–Trinajstić information content (AvgIpc) is 3.51. The van der Waals surface area contributed by atoms with Gasteiger partial charge in [0.15, 0.2) is 5.52 Å². The third-order valence-corrected chi connectivity index (χ3v) is 5.28. The Balaban J connectivity index is 1.22. The lowest BCUT2D eigenvalue weighted by Crippen LogP contribution is -2.17. The number of aromatic carboxylic acids is 1. The lowest BCUT2D eigenvalue weighted by atomic mass is 10.1. The number of aryl methyl sites for hydroxylation is 1. The van der Waals surface area contributed by atoms with Crippen LogP contribution < -0.4 is 10.3 Å². The van der Waals surface area contributed by atoms with Gasteiger partial charge in [-0.1, -0.05) is 42.5 Å². The van der Waals surface area contributed by atoms with Crippen molar-refractivity contribution in [3.05, 3.63) is 89.1 Å². The second kappa shape index (κ2) is 9.02. The van der Waals surface area contributed by atoms with Crippen LogP contribution in [0.5, 0.6) is 5.75 Å². The Morgan fingerprint density at radius 1 is 1.00 bits per heavy atom. The van der Waals surface area contributed by atoms with Gasteiger partial charge in [-0.2, -0.15) is 10.2 Å². The van der Waals surface area contributed by atoms with E-state index in [1.54, 1.807) is 4.68 Å². The number of benzene rings is 2. The molecule has 0 spiro atoms. The topological polar surface area (TPSA) is 128 Å². The summed E-state index contributed by atoms with van der Waals surface area (Å²) in [6, 6.07) is 18.0. The number of carboxylic acid groups (broad SMARTS) is 1. The van der Waals surface area contributed by atoms with Crippen molar-refractivity contribution >= 4 is 17.0 Å². The summed E-state index contributed by atoms with van der Waals surface area (Å²) in [7, 11) is 0.